The molecule has 0 spiro atoms. The Morgan fingerprint density at radius 3 is 2.89 bits per heavy atom. The number of carbonyl (C=O) groups excluding carboxylic acids is 1. The lowest BCUT2D eigenvalue weighted by Gasteiger charge is -2.18. The fraction of sp³-hybridized carbons (Fsp3) is 0.500. The van der Waals surface area contributed by atoms with Gasteiger partial charge < -0.3 is 10.0 Å². The van der Waals surface area contributed by atoms with Crippen molar-refractivity contribution >= 4 is 21.8 Å². The minimum Gasteiger partial charge on any atom is -0.393 e. The number of hydrogen-bond acceptors (Lipinski definition) is 2. The normalized spacial score (nSPS) is 21.1. The first-order chi connectivity index (χ1) is 8.58. The maximum Gasteiger partial charge on any atom is 0.227 e. The lowest BCUT2D eigenvalue weighted by atomic mass is 10.0. The second kappa shape index (κ2) is 5.85. The minimum atomic E-state index is -0.328. The van der Waals surface area contributed by atoms with E-state index in [1.807, 2.05) is 29.2 Å². The lowest BCUT2D eigenvalue weighted by Crippen LogP contribution is -2.31. The summed E-state index contributed by atoms with van der Waals surface area (Å²) in [5.41, 5.74) is 1.02. The van der Waals surface area contributed by atoms with Crippen LogP contribution in [0.25, 0.3) is 0 Å². The standard InChI is InChI=1S/C14H18BrNO2/c1-10(17)12-6-7-16(9-12)14(18)8-11-4-2-3-5-13(11)15/h2-5,10,12,17H,6-9H2,1H3. The van der Waals surface area contributed by atoms with Crippen LogP contribution < -0.4 is 0 Å². The predicted octanol–water partition coefficient (Wildman–Crippen LogP) is 2.22. The average molecular weight is 312 g/mol. The van der Waals surface area contributed by atoms with Gasteiger partial charge >= 0.3 is 0 Å². The Hall–Kier alpha value is -0.870. The van der Waals surface area contributed by atoms with Gasteiger partial charge in [0.15, 0.2) is 0 Å². The zero-order valence-electron chi connectivity index (χ0n) is 10.5. The summed E-state index contributed by atoms with van der Waals surface area (Å²) in [6, 6.07) is 7.79. The number of halogens is 1. The van der Waals surface area contributed by atoms with E-state index in [1.165, 1.54) is 0 Å². The van der Waals surface area contributed by atoms with E-state index in [9.17, 15) is 9.90 Å². The molecule has 1 aliphatic rings. The quantitative estimate of drug-likeness (QED) is 0.930. The van der Waals surface area contributed by atoms with E-state index in [0.29, 0.717) is 13.0 Å². The second-order valence-electron chi connectivity index (χ2n) is 4.90. The smallest absolute Gasteiger partial charge is 0.227 e. The number of hydrogen-bond donors (Lipinski definition) is 1. The van der Waals surface area contributed by atoms with Gasteiger partial charge in [-0.2, -0.15) is 0 Å². The molecule has 1 fully saturated rings. The van der Waals surface area contributed by atoms with Crippen LogP contribution in [0.4, 0.5) is 0 Å². The molecular formula is C14H18BrNO2. The van der Waals surface area contributed by atoms with E-state index in [2.05, 4.69) is 15.9 Å². The molecule has 2 rings (SSSR count). The summed E-state index contributed by atoms with van der Waals surface area (Å²) < 4.78 is 0.977. The van der Waals surface area contributed by atoms with Gasteiger partial charge in [-0.3, -0.25) is 4.79 Å². The Bertz CT molecular complexity index is 434. The molecular weight excluding hydrogens is 294 g/mol. The van der Waals surface area contributed by atoms with E-state index in [-0.39, 0.29) is 17.9 Å². The number of likely N-dealkylation sites (tertiary alicyclic amines) is 1. The molecule has 4 heteroatoms. The van der Waals surface area contributed by atoms with E-state index in [0.717, 1.165) is 23.0 Å². The number of aliphatic hydroxyl groups excluding tert-OH is 1. The van der Waals surface area contributed by atoms with Crippen molar-refractivity contribution in [3.05, 3.63) is 34.3 Å². The fourth-order valence-corrected chi connectivity index (χ4v) is 2.75. The maximum atomic E-state index is 12.2. The highest BCUT2D eigenvalue weighted by Crippen LogP contribution is 2.22. The number of rotatable bonds is 3. The summed E-state index contributed by atoms with van der Waals surface area (Å²) in [7, 11) is 0. The Kier molecular flexibility index (Phi) is 4.40. The van der Waals surface area contributed by atoms with Crippen LogP contribution in [0, 0.1) is 5.92 Å². The zero-order valence-corrected chi connectivity index (χ0v) is 12.1. The van der Waals surface area contributed by atoms with Gasteiger partial charge in [0.1, 0.15) is 0 Å². The first-order valence-electron chi connectivity index (χ1n) is 6.27. The summed E-state index contributed by atoms with van der Waals surface area (Å²) in [4.78, 5) is 14.0. The number of aliphatic hydroxyl groups is 1. The second-order valence-corrected chi connectivity index (χ2v) is 5.75. The summed E-state index contributed by atoms with van der Waals surface area (Å²) in [5, 5.41) is 9.54. The van der Waals surface area contributed by atoms with Gasteiger partial charge in [-0.1, -0.05) is 34.1 Å². The van der Waals surface area contributed by atoms with Crippen LogP contribution >= 0.6 is 15.9 Å². The van der Waals surface area contributed by atoms with E-state index in [4.69, 9.17) is 0 Å². The minimum absolute atomic E-state index is 0.144. The molecule has 0 radical (unpaired) electrons. The van der Waals surface area contributed by atoms with Crippen LogP contribution in [0.2, 0.25) is 0 Å². The number of carbonyl (C=O) groups is 1. The molecule has 1 aliphatic heterocycles. The van der Waals surface area contributed by atoms with E-state index < -0.39 is 0 Å². The highest BCUT2D eigenvalue weighted by molar-refractivity contribution is 9.10. The third kappa shape index (κ3) is 3.12. The molecule has 3 nitrogen and oxygen atoms in total. The van der Waals surface area contributed by atoms with Crippen molar-refractivity contribution in [3.8, 4) is 0 Å². The summed E-state index contributed by atoms with van der Waals surface area (Å²) in [6.07, 6.45) is 0.999. The molecule has 0 saturated carbocycles. The molecule has 1 saturated heterocycles. The molecule has 2 atom stereocenters. The molecule has 1 heterocycles. The molecule has 18 heavy (non-hydrogen) atoms. The Labute approximate surface area is 116 Å². The molecule has 1 aromatic rings. The van der Waals surface area contributed by atoms with Crippen LogP contribution in [0.15, 0.2) is 28.7 Å². The molecule has 0 aliphatic carbocycles. The van der Waals surface area contributed by atoms with Crippen molar-refractivity contribution in [3.63, 3.8) is 0 Å². The largest absolute Gasteiger partial charge is 0.393 e. The first kappa shape index (κ1) is 13.6. The van der Waals surface area contributed by atoms with Gasteiger partial charge in [-0.25, -0.2) is 0 Å². The third-order valence-corrected chi connectivity index (χ3v) is 4.33. The number of amides is 1. The summed E-state index contributed by atoms with van der Waals surface area (Å²) >= 11 is 3.46. The summed E-state index contributed by atoms with van der Waals surface area (Å²) in [6.45, 7) is 3.24. The predicted molar refractivity (Wildman–Crippen MR) is 74.2 cm³/mol. The van der Waals surface area contributed by atoms with Crippen molar-refractivity contribution in [2.75, 3.05) is 13.1 Å². The van der Waals surface area contributed by atoms with Crippen LogP contribution in [0.3, 0.4) is 0 Å². The van der Waals surface area contributed by atoms with E-state index in [1.54, 1.807) is 6.92 Å². The maximum absolute atomic E-state index is 12.2. The van der Waals surface area contributed by atoms with Crippen LogP contribution in [0.1, 0.15) is 18.9 Å². The molecule has 1 aromatic carbocycles. The lowest BCUT2D eigenvalue weighted by molar-refractivity contribution is -0.129. The van der Waals surface area contributed by atoms with Crippen molar-refractivity contribution in [1.82, 2.24) is 4.90 Å². The van der Waals surface area contributed by atoms with Crippen LogP contribution in [-0.2, 0) is 11.2 Å². The topological polar surface area (TPSA) is 40.5 Å². The van der Waals surface area contributed by atoms with Crippen LogP contribution in [0.5, 0.6) is 0 Å². The SMILES string of the molecule is CC(O)C1CCN(C(=O)Cc2ccccc2Br)C1. The van der Waals surface area contributed by atoms with Crippen molar-refractivity contribution in [2.45, 2.75) is 25.9 Å². The van der Waals surface area contributed by atoms with Gasteiger partial charge in [-0.05, 0) is 25.0 Å². The highest BCUT2D eigenvalue weighted by atomic mass is 79.9. The average Bonchev–Trinajstić information content (AvgIpc) is 2.81. The van der Waals surface area contributed by atoms with Gasteiger partial charge in [-0.15, -0.1) is 0 Å². The van der Waals surface area contributed by atoms with Gasteiger partial charge in [0.2, 0.25) is 5.91 Å². The monoisotopic (exact) mass is 311 g/mol. The Morgan fingerprint density at radius 2 is 2.28 bits per heavy atom. The molecule has 1 N–H and O–H groups in total. The van der Waals surface area contributed by atoms with Crippen LogP contribution in [-0.4, -0.2) is 35.1 Å². The Balaban J connectivity index is 1.96. The number of benzene rings is 1. The molecule has 98 valence electrons. The highest BCUT2D eigenvalue weighted by Gasteiger charge is 2.28. The Morgan fingerprint density at radius 1 is 1.56 bits per heavy atom. The summed E-state index contributed by atoms with van der Waals surface area (Å²) in [5.74, 6) is 0.373. The molecule has 0 bridgehead atoms. The van der Waals surface area contributed by atoms with Gasteiger partial charge in [0.05, 0.1) is 12.5 Å². The van der Waals surface area contributed by atoms with Gasteiger partial charge in [0, 0.05) is 23.5 Å². The first-order valence-corrected chi connectivity index (χ1v) is 7.06. The van der Waals surface area contributed by atoms with Crippen molar-refractivity contribution < 1.29 is 9.90 Å². The van der Waals surface area contributed by atoms with E-state index >= 15 is 0 Å². The third-order valence-electron chi connectivity index (χ3n) is 3.56. The zero-order chi connectivity index (χ0) is 13.1. The molecule has 0 aromatic heterocycles. The van der Waals surface area contributed by atoms with Crippen molar-refractivity contribution in [2.24, 2.45) is 5.92 Å². The molecule has 2 unspecified atom stereocenters. The number of nitrogens with zero attached hydrogens (tertiary/aromatic N) is 1. The van der Waals surface area contributed by atoms with Gasteiger partial charge in [0.25, 0.3) is 0 Å². The fourth-order valence-electron chi connectivity index (χ4n) is 2.32. The van der Waals surface area contributed by atoms with Crippen molar-refractivity contribution in [1.29, 1.82) is 0 Å². The molecule has 1 amide bonds.